The normalized spacial score (nSPS) is 34.1. The number of ether oxygens (including phenoxy) is 3. The highest BCUT2D eigenvalue weighted by atomic mass is 16.7. The standard InChI is InChI=1S/C17H26O3/c1-12-13(2)16(20-17(18-4)14(12)3)11-19-10-15-8-6-5-7-9-15/h5-9,12-14,16-17H,10-11H2,1-4H3/t12-,13+,14?,16?,17-/m0/s1. The van der Waals surface area contributed by atoms with E-state index in [2.05, 4.69) is 32.9 Å². The molecule has 0 aliphatic carbocycles. The van der Waals surface area contributed by atoms with Crippen LogP contribution in [-0.2, 0) is 20.8 Å². The van der Waals surface area contributed by atoms with E-state index in [1.54, 1.807) is 7.11 Å². The Morgan fingerprint density at radius 3 is 2.35 bits per heavy atom. The predicted molar refractivity (Wildman–Crippen MR) is 79.3 cm³/mol. The molecule has 1 aromatic rings. The van der Waals surface area contributed by atoms with Crippen molar-refractivity contribution in [3.05, 3.63) is 35.9 Å². The summed E-state index contributed by atoms with van der Waals surface area (Å²) in [4.78, 5) is 0. The van der Waals surface area contributed by atoms with Gasteiger partial charge in [0.05, 0.1) is 19.3 Å². The van der Waals surface area contributed by atoms with Crippen LogP contribution in [0, 0.1) is 17.8 Å². The summed E-state index contributed by atoms with van der Waals surface area (Å²) in [5, 5.41) is 0. The summed E-state index contributed by atoms with van der Waals surface area (Å²) in [6.07, 6.45) is -0.0126. The molecule has 3 nitrogen and oxygen atoms in total. The Hall–Kier alpha value is -0.900. The first-order valence-electron chi connectivity index (χ1n) is 7.43. The van der Waals surface area contributed by atoms with Crippen molar-refractivity contribution < 1.29 is 14.2 Å². The Balaban J connectivity index is 1.85. The highest BCUT2D eigenvalue weighted by Crippen LogP contribution is 2.35. The largest absolute Gasteiger partial charge is 0.374 e. The first-order valence-corrected chi connectivity index (χ1v) is 7.43. The van der Waals surface area contributed by atoms with Crippen molar-refractivity contribution in [2.75, 3.05) is 13.7 Å². The van der Waals surface area contributed by atoms with Crippen LogP contribution >= 0.6 is 0 Å². The molecule has 0 spiro atoms. The Labute approximate surface area is 122 Å². The second-order valence-electron chi connectivity index (χ2n) is 5.86. The van der Waals surface area contributed by atoms with E-state index in [4.69, 9.17) is 14.2 Å². The fourth-order valence-corrected chi connectivity index (χ4v) is 2.81. The molecule has 0 amide bonds. The summed E-state index contributed by atoms with van der Waals surface area (Å²) in [6, 6.07) is 10.2. The monoisotopic (exact) mass is 278 g/mol. The van der Waals surface area contributed by atoms with Crippen molar-refractivity contribution in [1.29, 1.82) is 0 Å². The third kappa shape index (κ3) is 3.60. The summed E-state index contributed by atoms with van der Waals surface area (Å²) >= 11 is 0. The molecule has 1 aromatic carbocycles. The molecule has 0 radical (unpaired) electrons. The first kappa shape index (κ1) is 15.5. The van der Waals surface area contributed by atoms with E-state index in [9.17, 15) is 0 Å². The van der Waals surface area contributed by atoms with Crippen LogP contribution in [0.4, 0.5) is 0 Å². The summed E-state index contributed by atoms with van der Waals surface area (Å²) < 4.78 is 17.3. The highest BCUT2D eigenvalue weighted by Gasteiger charge is 2.39. The van der Waals surface area contributed by atoms with Crippen molar-refractivity contribution in [1.82, 2.24) is 0 Å². The third-order valence-electron chi connectivity index (χ3n) is 4.61. The number of benzene rings is 1. The summed E-state index contributed by atoms with van der Waals surface area (Å²) in [5.41, 5.74) is 1.20. The fraction of sp³-hybridized carbons (Fsp3) is 0.647. The van der Waals surface area contributed by atoms with Gasteiger partial charge in [-0.1, -0.05) is 51.1 Å². The molecule has 112 valence electrons. The molecule has 1 aliphatic rings. The minimum Gasteiger partial charge on any atom is -0.374 e. The van der Waals surface area contributed by atoms with Crippen LogP contribution < -0.4 is 0 Å². The van der Waals surface area contributed by atoms with Gasteiger partial charge in [-0.3, -0.25) is 0 Å². The Morgan fingerprint density at radius 2 is 1.70 bits per heavy atom. The van der Waals surface area contributed by atoms with Crippen LogP contribution in [0.3, 0.4) is 0 Å². The van der Waals surface area contributed by atoms with Crippen LogP contribution in [0.2, 0.25) is 0 Å². The molecule has 2 unspecified atom stereocenters. The maximum Gasteiger partial charge on any atom is 0.160 e. The van der Waals surface area contributed by atoms with E-state index in [1.165, 1.54) is 5.56 Å². The van der Waals surface area contributed by atoms with Gasteiger partial charge in [-0.05, 0) is 17.4 Å². The van der Waals surface area contributed by atoms with Gasteiger partial charge in [0.1, 0.15) is 0 Å². The molecule has 20 heavy (non-hydrogen) atoms. The Morgan fingerprint density at radius 1 is 1.00 bits per heavy atom. The third-order valence-corrected chi connectivity index (χ3v) is 4.61. The molecule has 0 N–H and O–H groups in total. The molecule has 1 heterocycles. The quantitative estimate of drug-likeness (QED) is 0.825. The molecule has 1 aliphatic heterocycles. The zero-order valence-electron chi connectivity index (χ0n) is 12.9. The van der Waals surface area contributed by atoms with Gasteiger partial charge in [0.15, 0.2) is 6.29 Å². The maximum atomic E-state index is 6.02. The van der Waals surface area contributed by atoms with Gasteiger partial charge in [0.2, 0.25) is 0 Å². The Bertz CT molecular complexity index is 390. The van der Waals surface area contributed by atoms with Gasteiger partial charge in [-0.15, -0.1) is 0 Å². The lowest BCUT2D eigenvalue weighted by molar-refractivity contribution is -0.247. The molecule has 5 atom stereocenters. The van der Waals surface area contributed by atoms with Crippen molar-refractivity contribution in [3.63, 3.8) is 0 Å². The van der Waals surface area contributed by atoms with Gasteiger partial charge in [-0.25, -0.2) is 0 Å². The van der Waals surface area contributed by atoms with E-state index >= 15 is 0 Å². The predicted octanol–water partition coefficient (Wildman–Crippen LogP) is 3.48. The lowest BCUT2D eigenvalue weighted by Crippen LogP contribution is -2.47. The van der Waals surface area contributed by atoms with E-state index in [-0.39, 0.29) is 12.4 Å². The molecule has 0 aromatic heterocycles. The van der Waals surface area contributed by atoms with Crippen LogP contribution in [0.1, 0.15) is 26.3 Å². The van der Waals surface area contributed by atoms with Gasteiger partial charge in [0, 0.05) is 13.0 Å². The van der Waals surface area contributed by atoms with E-state index < -0.39 is 0 Å². The minimum absolute atomic E-state index is 0.106. The van der Waals surface area contributed by atoms with Gasteiger partial charge in [0.25, 0.3) is 0 Å². The van der Waals surface area contributed by atoms with Crippen LogP contribution in [0.5, 0.6) is 0 Å². The lowest BCUT2D eigenvalue weighted by Gasteiger charge is -2.42. The topological polar surface area (TPSA) is 27.7 Å². The molecule has 1 fully saturated rings. The number of hydrogen-bond donors (Lipinski definition) is 0. The number of rotatable bonds is 5. The molecular formula is C17H26O3. The van der Waals surface area contributed by atoms with Crippen molar-refractivity contribution >= 4 is 0 Å². The molecule has 1 saturated heterocycles. The highest BCUT2D eigenvalue weighted by molar-refractivity contribution is 5.13. The average Bonchev–Trinajstić information content (AvgIpc) is 2.48. The fourth-order valence-electron chi connectivity index (χ4n) is 2.81. The zero-order valence-corrected chi connectivity index (χ0v) is 12.9. The second kappa shape index (κ2) is 7.21. The summed E-state index contributed by atoms with van der Waals surface area (Å²) in [6.45, 7) is 7.95. The minimum atomic E-state index is -0.119. The van der Waals surface area contributed by atoms with Crippen LogP contribution in [0.15, 0.2) is 30.3 Å². The average molecular weight is 278 g/mol. The van der Waals surface area contributed by atoms with E-state index in [1.807, 2.05) is 18.2 Å². The van der Waals surface area contributed by atoms with Gasteiger partial charge in [-0.2, -0.15) is 0 Å². The molecule has 2 rings (SSSR count). The molecule has 0 bridgehead atoms. The molecule has 0 saturated carbocycles. The first-order chi connectivity index (χ1) is 9.63. The van der Waals surface area contributed by atoms with Crippen LogP contribution in [-0.4, -0.2) is 26.1 Å². The molecular weight excluding hydrogens is 252 g/mol. The van der Waals surface area contributed by atoms with Gasteiger partial charge >= 0.3 is 0 Å². The van der Waals surface area contributed by atoms with Crippen molar-refractivity contribution in [2.24, 2.45) is 17.8 Å². The smallest absolute Gasteiger partial charge is 0.160 e. The summed E-state index contributed by atoms with van der Waals surface area (Å²) in [5.74, 6) is 1.46. The summed E-state index contributed by atoms with van der Waals surface area (Å²) in [7, 11) is 1.71. The second-order valence-corrected chi connectivity index (χ2v) is 5.86. The van der Waals surface area contributed by atoms with Gasteiger partial charge < -0.3 is 14.2 Å². The van der Waals surface area contributed by atoms with E-state index in [0.717, 1.165) is 0 Å². The zero-order chi connectivity index (χ0) is 14.5. The number of methoxy groups -OCH3 is 1. The molecule has 3 heteroatoms. The number of hydrogen-bond acceptors (Lipinski definition) is 3. The SMILES string of the molecule is CO[C@H]1OC(COCc2ccccc2)[C@H](C)[C@H](C)C1C. The lowest BCUT2D eigenvalue weighted by atomic mass is 9.79. The van der Waals surface area contributed by atoms with Crippen molar-refractivity contribution in [3.8, 4) is 0 Å². The van der Waals surface area contributed by atoms with E-state index in [0.29, 0.717) is 31.0 Å². The maximum absolute atomic E-state index is 6.02. The van der Waals surface area contributed by atoms with Crippen molar-refractivity contribution in [2.45, 2.75) is 39.8 Å². The Kier molecular flexibility index (Phi) is 5.58. The van der Waals surface area contributed by atoms with Crippen LogP contribution in [0.25, 0.3) is 0 Å².